The summed E-state index contributed by atoms with van der Waals surface area (Å²) in [6.45, 7) is 0. The molecule has 7 heteroatoms. The summed E-state index contributed by atoms with van der Waals surface area (Å²) in [5, 5.41) is 9.55. The molecule has 3 nitrogen and oxygen atoms in total. The van der Waals surface area contributed by atoms with Crippen molar-refractivity contribution in [3.63, 3.8) is 0 Å². The Balaban J connectivity index is 2.81. The second-order valence-corrected chi connectivity index (χ2v) is 9.76. The van der Waals surface area contributed by atoms with Gasteiger partial charge in [-0.15, -0.1) is 0 Å². The van der Waals surface area contributed by atoms with E-state index in [2.05, 4.69) is 0 Å². The molecule has 0 radical (unpaired) electrons. The number of carbonyl (C=O) groups is 2. The van der Waals surface area contributed by atoms with Gasteiger partial charge in [0.1, 0.15) is 0 Å². The molecule has 0 aliphatic rings. The first-order valence-electron chi connectivity index (χ1n) is 4.49. The minimum absolute atomic E-state index is 0.0935. The Morgan fingerprint density at radius 2 is 2.06 bits per heavy atom. The predicted molar refractivity (Wildman–Crippen MR) is 73.2 cm³/mol. The SMILES string of the molecule is C[As](C(=O)SCC(=O)O)c1cc(Cl)ccc1Cl. The standard InChI is InChI=1S/C10H9AsCl2O3S/c1-11(10(16)17-5-9(14)15)7-4-6(12)2-3-8(7)13/h2-4H,5H2,1H3,(H,14,15). The Kier molecular flexibility index (Phi) is 5.87. The van der Waals surface area contributed by atoms with Gasteiger partial charge in [-0.25, -0.2) is 0 Å². The van der Waals surface area contributed by atoms with Crippen LogP contribution in [0.25, 0.3) is 0 Å². The van der Waals surface area contributed by atoms with E-state index in [9.17, 15) is 9.59 Å². The third kappa shape index (κ3) is 4.55. The normalized spacial score (nSPS) is 12.2. The number of hydrogen-bond donors (Lipinski definition) is 1. The van der Waals surface area contributed by atoms with Crippen molar-refractivity contribution in [1.82, 2.24) is 0 Å². The van der Waals surface area contributed by atoms with E-state index < -0.39 is 20.6 Å². The van der Waals surface area contributed by atoms with E-state index in [1.165, 1.54) is 0 Å². The van der Waals surface area contributed by atoms with Crippen molar-refractivity contribution in [1.29, 1.82) is 0 Å². The van der Waals surface area contributed by atoms with Gasteiger partial charge in [0.15, 0.2) is 0 Å². The van der Waals surface area contributed by atoms with Crippen molar-refractivity contribution in [2.24, 2.45) is 0 Å². The molecule has 0 spiro atoms. The molecule has 0 aliphatic carbocycles. The second kappa shape index (κ2) is 6.69. The Labute approximate surface area is 118 Å². The molecule has 0 aromatic heterocycles. The van der Waals surface area contributed by atoms with E-state index >= 15 is 0 Å². The molecule has 0 bridgehead atoms. The molecule has 0 aliphatic heterocycles. The first kappa shape index (κ1) is 14.9. The number of carbonyl (C=O) groups excluding carboxylic acids is 1. The number of hydrogen-bond acceptors (Lipinski definition) is 3. The van der Waals surface area contributed by atoms with Crippen LogP contribution < -0.4 is 4.35 Å². The summed E-state index contributed by atoms with van der Waals surface area (Å²) >= 11 is 10.7. The molecule has 1 N–H and O–H groups in total. The van der Waals surface area contributed by atoms with E-state index in [-0.39, 0.29) is 9.66 Å². The second-order valence-electron chi connectivity index (χ2n) is 3.10. The summed E-state index contributed by atoms with van der Waals surface area (Å²) in [5.74, 6) is -1.21. The summed E-state index contributed by atoms with van der Waals surface area (Å²) < 4.78 is 0.665. The fourth-order valence-electron chi connectivity index (χ4n) is 1.06. The van der Waals surface area contributed by atoms with E-state index in [0.717, 1.165) is 16.1 Å². The quantitative estimate of drug-likeness (QED) is 0.844. The predicted octanol–water partition coefficient (Wildman–Crippen LogP) is 2.84. The Bertz CT molecular complexity index is 453. The van der Waals surface area contributed by atoms with Crippen molar-refractivity contribution >= 4 is 63.8 Å². The van der Waals surface area contributed by atoms with Gasteiger partial charge in [-0.2, -0.15) is 0 Å². The Morgan fingerprint density at radius 3 is 2.65 bits per heavy atom. The van der Waals surface area contributed by atoms with Gasteiger partial charge in [-0.1, -0.05) is 0 Å². The zero-order chi connectivity index (χ0) is 13.0. The molecule has 1 aromatic rings. The van der Waals surface area contributed by atoms with Crippen LogP contribution in [-0.2, 0) is 4.79 Å². The fraction of sp³-hybridized carbons (Fsp3) is 0.200. The van der Waals surface area contributed by atoms with Crippen LogP contribution in [0.4, 0.5) is 4.79 Å². The molecule has 0 saturated heterocycles. The average Bonchev–Trinajstić information content (AvgIpc) is 2.28. The van der Waals surface area contributed by atoms with Gasteiger partial charge < -0.3 is 0 Å². The molecule has 0 fully saturated rings. The van der Waals surface area contributed by atoms with Crippen molar-refractivity contribution in [2.45, 2.75) is 5.71 Å². The molecule has 1 unspecified atom stereocenters. The van der Waals surface area contributed by atoms with Gasteiger partial charge in [-0.3, -0.25) is 0 Å². The van der Waals surface area contributed by atoms with Crippen LogP contribution in [-0.4, -0.2) is 35.4 Å². The van der Waals surface area contributed by atoms with Crippen LogP contribution in [0.1, 0.15) is 0 Å². The monoisotopic (exact) mass is 354 g/mol. The van der Waals surface area contributed by atoms with Gasteiger partial charge in [0, 0.05) is 0 Å². The summed E-state index contributed by atoms with van der Waals surface area (Å²) in [4.78, 5) is 22.2. The molecule has 0 heterocycles. The number of benzene rings is 1. The van der Waals surface area contributed by atoms with Gasteiger partial charge in [0.25, 0.3) is 0 Å². The molecule has 17 heavy (non-hydrogen) atoms. The molecule has 1 atom stereocenters. The number of carboxylic acid groups (broad SMARTS) is 1. The van der Waals surface area contributed by atoms with Gasteiger partial charge >= 0.3 is 118 Å². The Morgan fingerprint density at radius 1 is 1.41 bits per heavy atom. The average molecular weight is 355 g/mol. The molecule has 1 aromatic carbocycles. The van der Waals surface area contributed by atoms with Gasteiger partial charge in [0.05, 0.1) is 0 Å². The van der Waals surface area contributed by atoms with Crippen molar-refractivity contribution < 1.29 is 14.7 Å². The molecule has 92 valence electrons. The summed E-state index contributed by atoms with van der Waals surface area (Å²) in [5.41, 5.74) is 1.82. The fourth-order valence-corrected chi connectivity index (χ4v) is 6.69. The number of halogens is 2. The van der Waals surface area contributed by atoms with Crippen LogP contribution in [0, 0.1) is 0 Å². The van der Waals surface area contributed by atoms with Crippen LogP contribution in [0.3, 0.4) is 0 Å². The van der Waals surface area contributed by atoms with Crippen LogP contribution in [0.5, 0.6) is 0 Å². The third-order valence-electron chi connectivity index (χ3n) is 1.86. The van der Waals surface area contributed by atoms with Crippen LogP contribution in [0.15, 0.2) is 18.2 Å². The first-order valence-corrected chi connectivity index (χ1v) is 9.98. The molecule has 0 amide bonds. The van der Waals surface area contributed by atoms with Gasteiger partial charge in [0.2, 0.25) is 0 Å². The van der Waals surface area contributed by atoms with E-state index in [1.807, 2.05) is 5.71 Å². The molecule has 0 saturated carbocycles. The molecule has 1 rings (SSSR count). The summed E-state index contributed by atoms with van der Waals surface area (Å²) in [6, 6.07) is 4.99. The zero-order valence-corrected chi connectivity index (χ0v) is 13.0. The molecular weight excluding hydrogens is 346 g/mol. The minimum atomic E-state index is -2.01. The van der Waals surface area contributed by atoms with E-state index in [1.54, 1.807) is 18.2 Å². The van der Waals surface area contributed by atoms with Gasteiger partial charge in [-0.05, 0) is 0 Å². The number of rotatable bonds is 4. The van der Waals surface area contributed by atoms with Crippen molar-refractivity contribution in [2.75, 3.05) is 5.75 Å². The zero-order valence-electron chi connectivity index (χ0n) is 8.81. The van der Waals surface area contributed by atoms with Crippen LogP contribution >= 0.6 is 35.0 Å². The number of thioether (sulfide) groups is 1. The number of aliphatic carboxylic acids is 1. The summed E-state index contributed by atoms with van der Waals surface area (Å²) in [7, 11) is 0. The Hall–Kier alpha value is -0.152. The number of carboxylic acids is 1. The topological polar surface area (TPSA) is 54.4 Å². The van der Waals surface area contributed by atoms with Crippen LogP contribution in [0.2, 0.25) is 15.8 Å². The van der Waals surface area contributed by atoms with Crippen molar-refractivity contribution in [3.05, 3.63) is 28.2 Å². The maximum absolute atomic E-state index is 11.8. The third-order valence-corrected chi connectivity index (χ3v) is 9.03. The van der Waals surface area contributed by atoms with E-state index in [0.29, 0.717) is 10.0 Å². The molecular formula is C10H9AsCl2O3S. The van der Waals surface area contributed by atoms with E-state index in [4.69, 9.17) is 28.3 Å². The maximum atomic E-state index is 11.8. The summed E-state index contributed by atoms with van der Waals surface area (Å²) in [6.07, 6.45) is 0. The van der Waals surface area contributed by atoms with Crippen molar-refractivity contribution in [3.8, 4) is 0 Å². The first-order chi connectivity index (χ1) is 7.91.